The Hall–Kier alpha value is -2.21. The van der Waals surface area contributed by atoms with Crippen LogP contribution in [0.25, 0.3) is 0 Å². The number of carbonyl (C=O) groups excluding carboxylic acids is 1. The summed E-state index contributed by atoms with van der Waals surface area (Å²) in [5.41, 5.74) is 0.220. The number of non-ortho nitro benzene ring substituents is 1. The number of carbonyl (C=O) groups is 1. The molecule has 120 valence electrons. The summed E-state index contributed by atoms with van der Waals surface area (Å²) in [4.78, 5) is 22.0. The molecule has 0 aromatic heterocycles. The molecule has 0 radical (unpaired) electrons. The highest BCUT2D eigenvalue weighted by Crippen LogP contribution is 2.13. The standard InChI is InChI=1S/C16H22N2O4/c1-3-5-6-11-17-12-15(4-2)22-16(19)13-7-9-14(10-8-13)18(20)21/h4,7-10,15,17H,2-3,5-6,11-12H2,1H3/t15-/m1/s1. The normalized spacial score (nSPS) is 11.7. The molecule has 0 bridgehead atoms. The molecule has 1 N–H and O–H groups in total. The van der Waals surface area contributed by atoms with Crippen molar-refractivity contribution in [2.24, 2.45) is 0 Å². The monoisotopic (exact) mass is 306 g/mol. The van der Waals surface area contributed by atoms with Crippen LogP contribution in [0.15, 0.2) is 36.9 Å². The predicted molar refractivity (Wildman–Crippen MR) is 84.9 cm³/mol. The fourth-order valence-corrected chi connectivity index (χ4v) is 1.84. The Balaban J connectivity index is 2.46. The number of hydrogen-bond donors (Lipinski definition) is 1. The van der Waals surface area contributed by atoms with Crippen LogP contribution < -0.4 is 5.32 Å². The number of nitrogens with one attached hydrogen (secondary N) is 1. The maximum Gasteiger partial charge on any atom is 0.338 e. The molecular weight excluding hydrogens is 284 g/mol. The molecule has 0 amide bonds. The van der Waals surface area contributed by atoms with Crippen molar-refractivity contribution in [3.05, 3.63) is 52.6 Å². The van der Waals surface area contributed by atoms with E-state index in [0.717, 1.165) is 25.8 Å². The van der Waals surface area contributed by atoms with Crippen LogP contribution >= 0.6 is 0 Å². The second kappa shape index (κ2) is 9.68. The summed E-state index contributed by atoms with van der Waals surface area (Å²) in [6.45, 7) is 7.17. The van der Waals surface area contributed by atoms with Gasteiger partial charge in [0.1, 0.15) is 6.10 Å². The molecule has 0 fully saturated rings. The summed E-state index contributed by atoms with van der Waals surface area (Å²) in [7, 11) is 0. The largest absolute Gasteiger partial charge is 0.453 e. The van der Waals surface area contributed by atoms with E-state index in [2.05, 4.69) is 18.8 Å². The van der Waals surface area contributed by atoms with Gasteiger partial charge in [-0.25, -0.2) is 4.79 Å². The van der Waals surface area contributed by atoms with Crippen LogP contribution in [0.1, 0.15) is 36.5 Å². The van der Waals surface area contributed by atoms with E-state index in [0.29, 0.717) is 6.54 Å². The molecule has 0 saturated carbocycles. The zero-order chi connectivity index (χ0) is 16.4. The molecule has 1 aromatic carbocycles. The van der Waals surface area contributed by atoms with Gasteiger partial charge < -0.3 is 10.1 Å². The molecule has 0 saturated heterocycles. The molecule has 0 aliphatic carbocycles. The summed E-state index contributed by atoms with van der Waals surface area (Å²) in [5.74, 6) is -0.518. The molecule has 0 aliphatic rings. The van der Waals surface area contributed by atoms with Gasteiger partial charge in [0.05, 0.1) is 10.5 Å². The van der Waals surface area contributed by atoms with Crippen LogP contribution in [-0.2, 0) is 4.74 Å². The Morgan fingerprint density at radius 1 is 1.41 bits per heavy atom. The van der Waals surface area contributed by atoms with Gasteiger partial charge in [0.15, 0.2) is 0 Å². The molecule has 0 heterocycles. The van der Waals surface area contributed by atoms with E-state index in [-0.39, 0.29) is 11.3 Å². The number of ether oxygens (including phenoxy) is 1. The molecule has 1 rings (SSSR count). The van der Waals surface area contributed by atoms with Crippen LogP contribution in [0, 0.1) is 10.1 Å². The molecule has 1 atom stereocenters. The predicted octanol–water partition coefficient (Wildman–Crippen LogP) is 3.09. The molecule has 0 unspecified atom stereocenters. The smallest absolute Gasteiger partial charge is 0.338 e. The minimum Gasteiger partial charge on any atom is -0.453 e. The van der Waals surface area contributed by atoms with E-state index in [1.165, 1.54) is 24.3 Å². The molecule has 1 aromatic rings. The fourth-order valence-electron chi connectivity index (χ4n) is 1.84. The minimum absolute atomic E-state index is 0.0607. The number of esters is 1. The van der Waals surface area contributed by atoms with Gasteiger partial charge in [0.25, 0.3) is 5.69 Å². The van der Waals surface area contributed by atoms with Gasteiger partial charge in [0.2, 0.25) is 0 Å². The Morgan fingerprint density at radius 3 is 2.64 bits per heavy atom. The highest BCUT2D eigenvalue weighted by molar-refractivity contribution is 5.89. The zero-order valence-corrected chi connectivity index (χ0v) is 12.8. The van der Waals surface area contributed by atoms with Crippen LogP contribution in [0.4, 0.5) is 5.69 Å². The summed E-state index contributed by atoms with van der Waals surface area (Å²) in [6, 6.07) is 5.33. The van der Waals surface area contributed by atoms with Crippen molar-refractivity contribution in [1.82, 2.24) is 5.32 Å². The van der Waals surface area contributed by atoms with Crippen LogP contribution in [0.2, 0.25) is 0 Å². The quantitative estimate of drug-likeness (QED) is 0.236. The first-order valence-electron chi connectivity index (χ1n) is 7.37. The van der Waals surface area contributed by atoms with Crippen molar-refractivity contribution >= 4 is 11.7 Å². The Labute approximate surface area is 130 Å². The average Bonchev–Trinajstić information content (AvgIpc) is 2.53. The fraction of sp³-hybridized carbons (Fsp3) is 0.438. The van der Waals surface area contributed by atoms with Gasteiger partial charge in [-0.05, 0) is 25.1 Å². The maximum atomic E-state index is 12.0. The van der Waals surface area contributed by atoms with Crippen molar-refractivity contribution in [3.63, 3.8) is 0 Å². The zero-order valence-electron chi connectivity index (χ0n) is 12.8. The third kappa shape index (κ3) is 6.05. The first kappa shape index (κ1) is 17.8. The van der Waals surface area contributed by atoms with Crippen molar-refractivity contribution < 1.29 is 14.5 Å². The number of benzene rings is 1. The van der Waals surface area contributed by atoms with Crippen molar-refractivity contribution in [2.75, 3.05) is 13.1 Å². The number of hydrogen-bond acceptors (Lipinski definition) is 5. The van der Waals surface area contributed by atoms with Gasteiger partial charge in [0, 0.05) is 18.7 Å². The molecular formula is C16H22N2O4. The van der Waals surface area contributed by atoms with E-state index in [1.54, 1.807) is 6.08 Å². The van der Waals surface area contributed by atoms with E-state index >= 15 is 0 Å². The number of nitro groups is 1. The molecule has 0 aliphatic heterocycles. The SMILES string of the molecule is C=C[C@H](CNCCCCC)OC(=O)c1ccc([N+](=O)[O-])cc1. The second-order valence-corrected chi connectivity index (χ2v) is 4.89. The summed E-state index contributed by atoms with van der Waals surface area (Å²) < 4.78 is 5.30. The minimum atomic E-state index is -0.518. The summed E-state index contributed by atoms with van der Waals surface area (Å²) in [6.07, 6.45) is 4.53. The van der Waals surface area contributed by atoms with Crippen LogP contribution in [-0.4, -0.2) is 30.1 Å². The molecule has 0 spiro atoms. The van der Waals surface area contributed by atoms with Gasteiger partial charge in [-0.1, -0.05) is 32.4 Å². The molecule has 6 heteroatoms. The maximum absolute atomic E-state index is 12.0. The van der Waals surface area contributed by atoms with Crippen molar-refractivity contribution in [2.45, 2.75) is 32.3 Å². The van der Waals surface area contributed by atoms with E-state index in [1.807, 2.05) is 0 Å². The van der Waals surface area contributed by atoms with Gasteiger partial charge in [-0.3, -0.25) is 10.1 Å². The number of unbranched alkanes of at least 4 members (excludes halogenated alkanes) is 2. The summed E-state index contributed by atoms with van der Waals surface area (Å²) in [5, 5.41) is 13.8. The topological polar surface area (TPSA) is 81.5 Å². The third-order valence-corrected chi connectivity index (χ3v) is 3.14. The van der Waals surface area contributed by atoms with Crippen molar-refractivity contribution in [3.8, 4) is 0 Å². The highest BCUT2D eigenvalue weighted by atomic mass is 16.6. The highest BCUT2D eigenvalue weighted by Gasteiger charge is 2.14. The Kier molecular flexibility index (Phi) is 7.85. The van der Waals surface area contributed by atoms with Crippen LogP contribution in [0.3, 0.4) is 0 Å². The van der Waals surface area contributed by atoms with Gasteiger partial charge >= 0.3 is 5.97 Å². The Morgan fingerprint density at radius 2 is 2.09 bits per heavy atom. The summed E-state index contributed by atoms with van der Waals surface area (Å²) >= 11 is 0. The lowest BCUT2D eigenvalue weighted by atomic mass is 10.2. The van der Waals surface area contributed by atoms with E-state index in [9.17, 15) is 14.9 Å². The average molecular weight is 306 g/mol. The number of rotatable bonds is 10. The second-order valence-electron chi connectivity index (χ2n) is 4.89. The third-order valence-electron chi connectivity index (χ3n) is 3.14. The lowest BCUT2D eigenvalue weighted by molar-refractivity contribution is -0.384. The lowest BCUT2D eigenvalue weighted by Crippen LogP contribution is -2.30. The van der Waals surface area contributed by atoms with Gasteiger partial charge in [-0.2, -0.15) is 0 Å². The number of nitrogens with zero attached hydrogens (tertiary/aromatic N) is 1. The van der Waals surface area contributed by atoms with Gasteiger partial charge in [-0.15, -0.1) is 0 Å². The van der Waals surface area contributed by atoms with Crippen molar-refractivity contribution in [1.29, 1.82) is 0 Å². The first-order valence-corrected chi connectivity index (χ1v) is 7.37. The number of nitro benzene ring substituents is 1. The Bertz CT molecular complexity index is 499. The lowest BCUT2D eigenvalue weighted by Gasteiger charge is -2.15. The molecule has 6 nitrogen and oxygen atoms in total. The van der Waals surface area contributed by atoms with Crippen LogP contribution in [0.5, 0.6) is 0 Å². The van der Waals surface area contributed by atoms with E-state index < -0.39 is 17.0 Å². The first-order chi connectivity index (χ1) is 10.6. The molecule has 22 heavy (non-hydrogen) atoms. The van der Waals surface area contributed by atoms with E-state index in [4.69, 9.17) is 4.74 Å².